The number of nitrogens with one attached hydrogen (secondary N) is 1. The second-order valence-corrected chi connectivity index (χ2v) is 8.26. The Balaban J connectivity index is 2.08. The van der Waals surface area contributed by atoms with Crippen LogP contribution in [0.2, 0.25) is 0 Å². The van der Waals surface area contributed by atoms with Crippen LogP contribution in [0.1, 0.15) is 52.4 Å². The lowest BCUT2D eigenvalue weighted by Crippen LogP contribution is -2.55. The number of nitriles is 1. The van der Waals surface area contributed by atoms with E-state index >= 15 is 0 Å². The zero-order valence-electron chi connectivity index (χ0n) is 12.4. The minimum absolute atomic E-state index is 0.393. The molecular formula is C14H25N3O2S. The van der Waals surface area contributed by atoms with Crippen molar-refractivity contribution >= 4 is 10.2 Å². The first-order chi connectivity index (χ1) is 9.37. The van der Waals surface area contributed by atoms with E-state index in [9.17, 15) is 13.7 Å². The van der Waals surface area contributed by atoms with Gasteiger partial charge in [0.2, 0.25) is 0 Å². The first kappa shape index (κ1) is 15.7. The number of hydrogen-bond acceptors (Lipinski definition) is 3. The molecule has 5 nitrogen and oxygen atoms in total. The summed E-state index contributed by atoms with van der Waals surface area (Å²) in [7, 11) is -3.54. The van der Waals surface area contributed by atoms with Gasteiger partial charge in [-0.25, -0.2) is 0 Å². The number of rotatable bonds is 3. The van der Waals surface area contributed by atoms with Gasteiger partial charge >= 0.3 is 0 Å². The highest BCUT2D eigenvalue weighted by atomic mass is 32.2. The maximum atomic E-state index is 12.5. The van der Waals surface area contributed by atoms with Crippen LogP contribution in [0.5, 0.6) is 0 Å². The zero-order valence-corrected chi connectivity index (χ0v) is 13.2. The van der Waals surface area contributed by atoms with Gasteiger partial charge < -0.3 is 0 Å². The standard InChI is InChI=1S/C14H25N3O2S/c1-12-5-7-14(11-15,8-6-12)16-20(18,19)17-9-3-4-13(2)10-17/h12-13,16H,3-10H2,1-2H3. The molecule has 2 aliphatic rings. The summed E-state index contributed by atoms with van der Waals surface area (Å²) in [5.74, 6) is 0.973. The van der Waals surface area contributed by atoms with Gasteiger partial charge in [0.15, 0.2) is 0 Å². The van der Waals surface area contributed by atoms with Crippen molar-refractivity contribution < 1.29 is 8.42 Å². The van der Waals surface area contributed by atoms with Gasteiger partial charge in [0, 0.05) is 13.1 Å². The fourth-order valence-corrected chi connectivity index (χ4v) is 4.86. The molecule has 0 amide bonds. The molecule has 0 aromatic carbocycles. The van der Waals surface area contributed by atoms with E-state index in [1.807, 2.05) is 0 Å². The van der Waals surface area contributed by atoms with Crippen LogP contribution >= 0.6 is 0 Å². The third-order valence-corrected chi connectivity index (χ3v) is 6.29. The maximum absolute atomic E-state index is 12.5. The molecule has 0 bridgehead atoms. The van der Waals surface area contributed by atoms with E-state index in [-0.39, 0.29) is 0 Å². The molecule has 0 spiro atoms. The lowest BCUT2D eigenvalue weighted by Gasteiger charge is -2.37. The summed E-state index contributed by atoms with van der Waals surface area (Å²) in [5.41, 5.74) is -0.897. The van der Waals surface area contributed by atoms with E-state index in [0.29, 0.717) is 37.8 Å². The van der Waals surface area contributed by atoms with Gasteiger partial charge in [-0.2, -0.15) is 22.7 Å². The highest BCUT2D eigenvalue weighted by molar-refractivity contribution is 7.87. The summed E-state index contributed by atoms with van der Waals surface area (Å²) in [6, 6.07) is 2.23. The lowest BCUT2D eigenvalue weighted by molar-refractivity contribution is 0.251. The summed E-state index contributed by atoms with van der Waals surface area (Å²) in [6.07, 6.45) is 5.03. The predicted molar refractivity (Wildman–Crippen MR) is 78.0 cm³/mol. The van der Waals surface area contributed by atoms with Gasteiger partial charge in [-0.3, -0.25) is 0 Å². The summed E-state index contributed by atoms with van der Waals surface area (Å²) >= 11 is 0. The van der Waals surface area contributed by atoms with Gasteiger partial charge in [-0.1, -0.05) is 13.8 Å². The minimum atomic E-state index is -3.54. The summed E-state index contributed by atoms with van der Waals surface area (Å²) in [5, 5.41) is 9.45. The quantitative estimate of drug-likeness (QED) is 0.866. The molecule has 1 saturated carbocycles. The number of piperidine rings is 1. The maximum Gasteiger partial charge on any atom is 0.280 e. The number of nitrogens with zero attached hydrogens (tertiary/aromatic N) is 2. The van der Waals surface area contributed by atoms with Crippen molar-refractivity contribution in [2.75, 3.05) is 13.1 Å². The molecule has 0 aromatic rings. The van der Waals surface area contributed by atoms with Crippen molar-refractivity contribution in [1.29, 1.82) is 5.26 Å². The third-order valence-electron chi connectivity index (χ3n) is 4.63. The van der Waals surface area contributed by atoms with Gasteiger partial charge in [-0.05, 0) is 50.4 Å². The summed E-state index contributed by atoms with van der Waals surface area (Å²) < 4.78 is 29.2. The van der Waals surface area contributed by atoms with Crippen molar-refractivity contribution in [3.05, 3.63) is 0 Å². The molecular weight excluding hydrogens is 274 g/mol. The fourth-order valence-electron chi connectivity index (χ4n) is 3.17. The molecule has 1 aliphatic carbocycles. The fraction of sp³-hybridized carbons (Fsp3) is 0.929. The van der Waals surface area contributed by atoms with Crippen LogP contribution in [0.4, 0.5) is 0 Å². The molecule has 20 heavy (non-hydrogen) atoms. The average molecular weight is 299 g/mol. The van der Waals surface area contributed by atoms with Crippen LogP contribution in [0.15, 0.2) is 0 Å². The Morgan fingerprint density at radius 3 is 2.40 bits per heavy atom. The van der Waals surface area contributed by atoms with Crippen molar-refractivity contribution in [3.8, 4) is 6.07 Å². The topological polar surface area (TPSA) is 73.2 Å². The zero-order chi connectivity index (χ0) is 14.8. The summed E-state index contributed by atoms with van der Waals surface area (Å²) in [4.78, 5) is 0. The van der Waals surface area contributed by atoms with Crippen LogP contribution < -0.4 is 4.72 Å². The molecule has 1 atom stereocenters. The van der Waals surface area contributed by atoms with Gasteiger partial charge in [0.25, 0.3) is 10.2 Å². The van der Waals surface area contributed by atoms with Gasteiger partial charge in [0.1, 0.15) is 5.54 Å². The minimum Gasteiger partial charge on any atom is -0.196 e. The second kappa shape index (κ2) is 6.00. The van der Waals surface area contributed by atoms with Crippen LogP contribution in [-0.4, -0.2) is 31.4 Å². The van der Waals surface area contributed by atoms with Crippen LogP contribution in [-0.2, 0) is 10.2 Å². The third kappa shape index (κ3) is 3.51. The smallest absolute Gasteiger partial charge is 0.196 e. The van der Waals surface area contributed by atoms with E-state index < -0.39 is 15.7 Å². The molecule has 2 fully saturated rings. The first-order valence-electron chi connectivity index (χ1n) is 7.57. The second-order valence-electron chi connectivity index (χ2n) is 6.59. The molecule has 1 N–H and O–H groups in total. The van der Waals surface area contributed by atoms with E-state index in [2.05, 4.69) is 24.6 Å². The molecule has 1 aliphatic heterocycles. The highest BCUT2D eigenvalue weighted by Crippen LogP contribution is 2.32. The molecule has 1 unspecified atom stereocenters. The normalized spacial score (nSPS) is 36.5. The van der Waals surface area contributed by atoms with E-state index in [0.717, 1.165) is 25.7 Å². The Labute approximate surface area is 122 Å². The predicted octanol–water partition coefficient (Wildman–Crippen LogP) is 2.03. The Kier molecular flexibility index (Phi) is 4.73. The molecule has 6 heteroatoms. The Morgan fingerprint density at radius 1 is 1.20 bits per heavy atom. The van der Waals surface area contributed by atoms with Crippen LogP contribution in [0.3, 0.4) is 0 Å². The van der Waals surface area contributed by atoms with Crippen LogP contribution in [0.25, 0.3) is 0 Å². The van der Waals surface area contributed by atoms with E-state index in [1.54, 1.807) is 0 Å². The largest absolute Gasteiger partial charge is 0.280 e. The monoisotopic (exact) mass is 299 g/mol. The van der Waals surface area contributed by atoms with Crippen LogP contribution in [0, 0.1) is 23.2 Å². The van der Waals surface area contributed by atoms with E-state index in [1.165, 1.54) is 4.31 Å². The van der Waals surface area contributed by atoms with E-state index in [4.69, 9.17) is 0 Å². The molecule has 2 rings (SSSR count). The number of hydrogen-bond donors (Lipinski definition) is 1. The molecule has 1 heterocycles. The molecule has 0 aromatic heterocycles. The summed E-state index contributed by atoms with van der Waals surface area (Å²) in [6.45, 7) is 5.36. The highest BCUT2D eigenvalue weighted by Gasteiger charge is 2.40. The lowest BCUT2D eigenvalue weighted by atomic mass is 9.79. The van der Waals surface area contributed by atoms with Crippen molar-refractivity contribution in [2.24, 2.45) is 11.8 Å². The van der Waals surface area contributed by atoms with Crippen molar-refractivity contribution in [3.63, 3.8) is 0 Å². The molecule has 1 saturated heterocycles. The van der Waals surface area contributed by atoms with Gasteiger partial charge in [-0.15, -0.1) is 0 Å². The Morgan fingerprint density at radius 2 is 1.85 bits per heavy atom. The molecule has 0 radical (unpaired) electrons. The van der Waals surface area contributed by atoms with Crippen molar-refractivity contribution in [1.82, 2.24) is 9.03 Å². The first-order valence-corrected chi connectivity index (χ1v) is 9.01. The van der Waals surface area contributed by atoms with Gasteiger partial charge in [0.05, 0.1) is 6.07 Å². The van der Waals surface area contributed by atoms with Crippen molar-refractivity contribution in [2.45, 2.75) is 57.9 Å². The Bertz CT molecular complexity index is 475. The SMILES string of the molecule is CC1CCC(C#N)(NS(=O)(=O)N2CCCC(C)C2)CC1. The average Bonchev–Trinajstić information content (AvgIpc) is 2.41. The molecule has 114 valence electrons. The Hall–Kier alpha value is -0.640.